The number of ether oxygens (including phenoxy) is 1. The molecule has 2 aromatic heterocycles. The fraction of sp³-hybridized carbons (Fsp3) is 0.471. The van der Waals surface area contributed by atoms with Gasteiger partial charge < -0.3 is 10.1 Å². The lowest BCUT2D eigenvalue weighted by Gasteiger charge is -2.14. The van der Waals surface area contributed by atoms with Crippen LogP contribution in [0, 0.1) is 13.8 Å². The molecule has 2 N–H and O–H groups in total. The van der Waals surface area contributed by atoms with Crippen molar-refractivity contribution >= 4 is 39.5 Å². The molecular formula is C17H22N4O5S. The van der Waals surface area contributed by atoms with E-state index >= 15 is 0 Å². The van der Waals surface area contributed by atoms with Gasteiger partial charge in [-0.05, 0) is 40.2 Å². The van der Waals surface area contributed by atoms with E-state index in [1.165, 1.54) is 24.6 Å². The van der Waals surface area contributed by atoms with Crippen molar-refractivity contribution in [2.75, 3.05) is 0 Å². The molecule has 0 spiro atoms. The molecule has 0 fully saturated rings. The maximum Gasteiger partial charge on any atom is 0.326 e. The molecule has 9 nitrogen and oxygen atoms in total. The Hall–Kier alpha value is -2.75. The van der Waals surface area contributed by atoms with E-state index in [1.54, 1.807) is 13.8 Å². The van der Waals surface area contributed by atoms with E-state index < -0.39 is 24.0 Å². The Morgan fingerprint density at radius 3 is 2.56 bits per heavy atom. The first kappa shape index (κ1) is 20.6. The summed E-state index contributed by atoms with van der Waals surface area (Å²) in [5.74, 6) is -1.54. The second kappa shape index (κ2) is 8.30. The van der Waals surface area contributed by atoms with Crippen LogP contribution in [0.3, 0.4) is 0 Å². The number of carbonyl (C=O) groups excluding carboxylic acids is 3. The van der Waals surface area contributed by atoms with Crippen molar-refractivity contribution in [2.45, 2.75) is 53.3 Å². The van der Waals surface area contributed by atoms with E-state index in [2.05, 4.69) is 15.6 Å². The first-order valence-corrected chi connectivity index (χ1v) is 9.17. The van der Waals surface area contributed by atoms with Crippen molar-refractivity contribution in [1.82, 2.24) is 20.2 Å². The number of esters is 1. The molecule has 0 saturated carbocycles. The summed E-state index contributed by atoms with van der Waals surface area (Å²) >= 11 is 1.41. The summed E-state index contributed by atoms with van der Waals surface area (Å²) < 4.78 is 6.15. The Morgan fingerprint density at radius 1 is 1.26 bits per heavy atom. The number of amides is 3. The SMILES string of the molecule is Cc1sc2ncn(CC(=O)O[C@H](C)C(=O)NC(=O)NC(C)C)c(=O)c2c1C. The number of urea groups is 1. The molecule has 0 aliphatic carbocycles. The molecule has 27 heavy (non-hydrogen) atoms. The third-order valence-electron chi connectivity index (χ3n) is 3.79. The summed E-state index contributed by atoms with van der Waals surface area (Å²) in [5.41, 5.74) is 0.492. The topological polar surface area (TPSA) is 119 Å². The van der Waals surface area contributed by atoms with Crippen molar-refractivity contribution in [3.05, 3.63) is 27.1 Å². The van der Waals surface area contributed by atoms with E-state index in [0.717, 1.165) is 15.0 Å². The Kier molecular flexibility index (Phi) is 6.32. The minimum atomic E-state index is -1.19. The van der Waals surface area contributed by atoms with Crippen LogP contribution in [0.15, 0.2) is 11.1 Å². The molecule has 146 valence electrons. The second-order valence-electron chi connectivity index (χ2n) is 6.39. The summed E-state index contributed by atoms with van der Waals surface area (Å²) in [6, 6.07) is -0.818. The molecule has 10 heteroatoms. The predicted octanol–water partition coefficient (Wildman–Crippen LogP) is 1.24. The van der Waals surface area contributed by atoms with Gasteiger partial charge in [0.15, 0.2) is 6.10 Å². The Morgan fingerprint density at radius 2 is 1.93 bits per heavy atom. The number of nitrogens with one attached hydrogen (secondary N) is 2. The number of carbonyl (C=O) groups is 3. The number of imide groups is 1. The van der Waals surface area contributed by atoms with Gasteiger partial charge in [0.1, 0.15) is 11.4 Å². The highest BCUT2D eigenvalue weighted by atomic mass is 32.1. The smallest absolute Gasteiger partial charge is 0.326 e. The molecule has 3 amide bonds. The van der Waals surface area contributed by atoms with Crippen LogP contribution < -0.4 is 16.2 Å². The van der Waals surface area contributed by atoms with Gasteiger partial charge in [0.25, 0.3) is 11.5 Å². The fourth-order valence-corrected chi connectivity index (χ4v) is 3.31. The van der Waals surface area contributed by atoms with Gasteiger partial charge in [-0.2, -0.15) is 0 Å². The fourth-order valence-electron chi connectivity index (χ4n) is 2.32. The Bertz CT molecular complexity index is 947. The molecule has 0 saturated heterocycles. The van der Waals surface area contributed by atoms with Crippen LogP contribution in [0.1, 0.15) is 31.2 Å². The summed E-state index contributed by atoms with van der Waals surface area (Å²) in [6.07, 6.45) is 0.0928. The maximum absolute atomic E-state index is 12.6. The third-order valence-corrected chi connectivity index (χ3v) is 4.90. The lowest BCUT2D eigenvalue weighted by Crippen LogP contribution is -2.46. The number of nitrogens with zero attached hydrogens (tertiary/aromatic N) is 2. The lowest BCUT2D eigenvalue weighted by molar-refractivity contribution is -0.155. The quantitative estimate of drug-likeness (QED) is 0.737. The highest BCUT2D eigenvalue weighted by Crippen LogP contribution is 2.25. The highest BCUT2D eigenvalue weighted by Gasteiger charge is 2.21. The molecule has 0 radical (unpaired) electrons. The summed E-state index contributed by atoms with van der Waals surface area (Å²) in [7, 11) is 0. The van der Waals surface area contributed by atoms with Gasteiger partial charge in [-0.3, -0.25) is 24.3 Å². The molecule has 1 atom stereocenters. The van der Waals surface area contributed by atoms with Gasteiger partial charge in [-0.25, -0.2) is 9.78 Å². The summed E-state index contributed by atoms with van der Waals surface area (Å²) in [5, 5.41) is 5.05. The number of thiophene rings is 1. The average molecular weight is 394 g/mol. The van der Waals surface area contributed by atoms with Crippen LogP contribution in [0.4, 0.5) is 4.79 Å². The van der Waals surface area contributed by atoms with Gasteiger partial charge in [0.05, 0.1) is 11.7 Å². The third kappa shape index (κ3) is 4.91. The summed E-state index contributed by atoms with van der Waals surface area (Å²) in [4.78, 5) is 53.8. The highest BCUT2D eigenvalue weighted by molar-refractivity contribution is 7.18. The molecule has 2 aromatic rings. The van der Waals surface area contributed by atoms with Crippen LogP contribution in [0.25, 0.3) is 10.2 Å². The van der Waals surface area contributed by atoms with Crippen LogP contribution in [0.2, 0.25) is 0 Å². The van der Waals surface area contributed by atoms with E-state index in [1.807, 2.05) is 13.8 Å². The first-order chi connectivity index (χ1) is 12.6. The normalized spacial score (nSPS) is 12.1. The van der Waals surface area contributed by atoms with E-state index in [4.69, 9.17) is 4.74 Å². The van der Waals surface area contributed by atoms with Crippen molar-refractivity contribution in [1.29, 1.82) is 0 Å². The largest absolute Gasteiger partial charge is 0.451 e. The molecular weight excluding hydrogens is 372 g/mol. The Labute approximate surface area is 159 Å². The molecule has 0 aliphatic rings. The number of rotatable bonds is 5. The summed E-state index contributed by atoms with van der Waals surface area (Å²) in [6.45, 7) is 8.17. The number of fused-ring (bicyclic) bond motifs is 1. The zero-order valence-corrected chi connectivity index (χ0v) is 16.6. The van der Waals surface area contributed by atoms with E-state index in [0.29, 0.717) is 10.2 Å². The van der Waals surface area contributed by atoms with Gasteiger partial charge in [-0.15, -0.1) is 11.3 Å². The molecule has 0 aromatic carbocycles. The molecule has 0 bridgehead atoms. The maximum atomic E-state index is 12.6. The standard InChI is InChI=1S/C17H22N4O5S/c1-8(2)19-17(25)20-14(23)10(4)26-12(22)6-21-7-18-15-13(16(21)24)9(3)11(5)27-15/h7-8,10H,6H2,1-5H3,(H2,19,20,23,25)/t10-/m1/s1. The zero-order valence-electron chi connectivity index (χ0n) is 15.8. The molecule has 2 rings (SSSR count). The van der Waals surface area contributed by atoms with Crippen molar-refractivity contribution in [3.63, 3.8) is 0 Å². The average Bonchev–Trinajstić information content (AvgIpc) is 2.84. The van der Waals surface area contributed by atoms with Crippen molar-refractivity contribution in [3.8, 4) is 0 Å². The molecule has 2 heterocycles. The van der Waals surface area contributed by atoms with Crippen LogP contribution in [-0.4, -0.2) is 39.6 Å². The molecule has 0 unspecified atom stereocenters. The van der Waals surface area contributed by atoms with E-state index in [-0.39, 0.29) is 18.1 Å². The minimum Gasteiger partial charge on any atom is -0.451 e. The second-order valence-corrected chi connectivity index (χ2v) is 7.59. The van der Waals surface area contributed by atoms with Crippen LogP contribution in [0.5, 0.6) is 0 Å². The minimum absolute atomic E-state index is 0.144. The number of hydrogen-bond acceptors (Lipinski definition) is 7. The number of hydrogen-bond donors (Lipinski definition) is 2. The van der Waals surface area contributed by atoms with Crippen LogP contribution in [-0.2, 0) is 20.9 Å². The van der Waals surface area contributed by atoms with Gasteiger partial charge >= 0.3 is 12.0 Å². The van der Waals surface area contributed by atoms with E-state index in [9.17, 15) is 19.2 Å². The first-order valence-electron chi connectivity index (χ1n) is 8.36. The monoisotopic (exact) mass is 394 g/mol. The molecule has 0 aliphatic heterocycles. The lowest BCUT2D eigenvalue weighted by atomic mass is 10.2. The van der Waals surface area contributed by atoms with Gasteiger partial charge in [0, 0.05) is 10.9 Å². The van der Waals surface area contributed by atoms with Crippen molar-refractivity contribution < 1.29 is 19.1 Å². The number of aromatic nitrogens is 2. The van der Waals surface area contributed by atoms with Crippen molar-refractivity contribution in [2.24, 2.45) is 0 Å². The Balaban J connectivity index is 2.03. The zero-order chi connectivity index (χ0) is 20.3. The number of aryl methyl sites for hydroxylation is 2. The predicted molar refractivity (Wildman–Crippen MR) is 101 cm³/mol. The van der Waals surface area contributed by atoms with Crippen LogP contribution >= 0.6 is 11.3 Å². The van der Waals surface area contributed by atoms with Gasteiger partial charge in [-0.1, -0.05) is 0 Å². The van der Waals surface area contributed by atoms with Gasteiger partial charge in [0.2, 0.25) is 0 Å².